The second-order valence-electron chi connectivity index (χ2n) is 10.9. The van der Waals surface area contributed by atoms with E-state index in [1.807, 2.05) is 18.2 Å². The van der Waals surface area contributed by atoms with Crippen molar-refractivity contribution in [3.63, 3.8) is 0 Å². The van der Waals surface area contributed by atoms with Crippen LogP contribution in [0.1, 0.15) is 69.6 Å². The number of ether oxygens (including phenoxy) is 1. The van der Waals surface area contributed by atoms with Crippen molar-refractivity contribution in [1.29, 1.82) is 0 Å². The molecule has 2 unspecified atom stereocenters. The predicted molar refractivity (Wildman–Crippen MR) is 157 cm³/mol. The van der Waals surface area contributed by atoms with Gasteiger partial charge >= 0.3 is 0 Å². The van der Waals surface area contributed by atoms with Crippen LogP contribution in [0.4, 0.5) is 0 Å². The van der Waals surface area contributed by atoms with Crippen LogP contribution in [-0.4, -0.2) is 50.2 Å². The largest absolute Gasteiger partial charge is 0.492 e. The molecule has 2 aliphatic heterocycles. The highest BCUT2D eigenvalue weighted by Gasteiger charge is 2.47. The van der Waals surface area contributed by atoms with Gasteiger partial charge in [-0.1, -0.05) is 48.4 Å². The van der Waals surface area contributed by atoms with Crippen molar-refractivity contribution < 1.29 is 22.7 Å². The van der Waals surface area contributed by atoms with Crippen LogP contribution in [0.2, 0.25) is 5.02 Å². The number of nitrogens with one attached hydrogen (secondary N) is 2. The molecule has 1 aliphatic carbocycles. The normalized spacial score (nSPS) is 20.2. The molecule has 2 amide bonds. The van der Waals surface area contributed by atoms with Crippen LogP contribution >= 0.6 is 11.6 Å². The van der Waals surface area contributed by atoms with Crippen LogP contribution in [-0.2, 0) is 21.9 Å². The fraction of sp³-hybridized carbons (Fsp3) is 0.355. The molecule has 41 heavy (non-hydrogen) atoms. The van der Waals surface area contributed by atoms with Gasteiger partial charge in [0.25, 0.3) is 11.8 Å². The van der Waals surface area contributed by atoms with Gasteiger partial charge in [0.15, 0.2) is 5.37 Å². The van der Waals surface area contributed by atoms with Gasteiger partial charge in [-0.25, -0.2) is 13.1 Å². The van der Waals surface area contributed by atoms with Gasteiger partial charge in [0, 0.05) is 23.0 Å². The molecule has 2 atom stereocenters. The molecule has 0 bridgehead atoms. The van der Waals surface area contributed by atoms with Gasteiger partial charge in [-0.15, -0.1) is 0 Å². The Morgan fingerprint density at radius 2 is 1.73 bits per heavy atom. The first-order chi connectivity index (χ1) is 19.7. The summed E-state index contributed by atoms with van der Waals surface area (Å²) in [4.78, 5) is 26.3. The highest BCUT2D eigenvalue weighted by atomic mass is 35.5. The molecule has 0 aromatic heterocycles. The number of halogens is 1. The minimum absolute atomic E-state index is 0.00570. The maximum atomic E-state index is 13.0. The standard InChI is InChI=1S/C31H32ClN3O5S/c1-20(35-29(36)25-5-2-3-6-26(25)30(35)37)41(38,39)34-17-18-40-24-12-7-21-13-16-33-28(27(21)19-24)31(14-4-15-31)22-8-10-23(32)11-9-22/h2-3,5-12,19-20,28,33-34H,4,13-18H2,1H3. The average Bonchev–Trinajstić information content (AvgIpc) is 3.20. The fourth-order valence-electron chi connectivity index (χ4n) is 6.35. The Labute approximate surface area is 245 Å². The molecule has 1 fully saturated rings. The van der Waals surface area contributed by atoms with E-state index in [4.69, 9.17) is 16.3 Å². The fourth-order valence-corrected chi connectivity index (χ4v) is 7.55. The first-order valence-corrected chi connectivity index (χ1v) is 15.8. The third-order valence-electron chi connectivity index (χ3n) is 8.70. The lowest BCUT2D eigenvalue weighted by atomic mass is 9.58. The summed E-state index contributed by atoms with van der Waals surface area (Å²) in [5.74, 6) is -0.560. The molecule has 0 spiro atoms. The first-order valence-electron chi connectivity index (χ1n) is 13.9. The van der Waals surface area contributed by atoms with Crippen LogP contribution in [0, 0.1) is 0 Å². The van der Waals surface area contributed by atoms with Crippen molar-refractivity contribution in [2.45, 2.75) is 49.4 Å². The lowest BCUT2D eigenvalue weighted by Gasteiger charge is -2.50. The number of sulfonamides is 1. The summed E-state index contributed by atoms with van der Waals surface area (Å²) in [6.45, 7) is 2.31. The molecule has 2 heterocycles. The van der Waals surface area contributed by atoms with E-state index >= 15 is 0 Å². The van der Waals surface area contributed by atoms with Crippen molar-refractivity contribution in [3.8, 4) is 5.75 Å². The number of hydrogen-bond acceptors (Lipinski definition) is 6. The monoisotopic (exact) mass is 593 g/mol. The van der Waals surface area contributed by atoms with E-state index in [2.05, 4.69) is 34.3 Å². The molecule has 3 aromatic rings. The number of fused-ring (bicyclic) bond motifs is 2. The number of amides is 2. The number of carbonyl (C=O) groups excluding carboxylic acids is 2. The zero-order valence-corrected chi connectivity index (χ0v) is 24.3. The van der Waals surface area contributed by atoms with E-state index in [0.717, 1.165) is 35.7 Å². The molecule has 10 heteroatoms. The minimum Gasteiger partial charge on any atom is -0.492 e. The van der Waals surface area contributed by atoms with Crippen molar-refractivity contribution in [1.82, 2.24) is 14.9 Å². The predicted octanol–water partition coefficient (Wildman–Crippen LogP) is 4.59. The maximum Gasteiger partial charge on any atom is 0.262 e. The van der Waals surface area contributed by atoms with Gasteiger partial charge < -0.3 is 10.1 Å². The van der Waals surface area contributed by atoms with Crippen molar-refractivity contribution >= 4 is 33.4 Å². The summed E-state index contributed by atoms with van der Waals surface area (Å²) in [7, 11) is -4.02. The quantitative estimate of drug-likeness (QED) is 0.278. The zero-order chi connectivity index (χ0) is 28.8. The lowest BCUT2D eigenvalue weighted by Crippen LogP contribution is -2.49. The van der Waals surface area contributed by atoms with Crippen LogP contribution in [0.3, 0.4) is 0 Å². The maximum absolute atomic E-state index is 13.0. The van der Waals surface area contributed by atoms with Crippen LogP contribution < -0.4 is 14.8 Å². The molecule has 8 nitrogen and oxygen atoms in total. The number of imide groups is 1. The van der Waals surface area contributed by atoms with E-state index in [1.165, 1.54) is 42.2 Å². The molecule has 2 N–H and O–H groups in total. The summed E-state index contributed by atoms with van der Waals surface area (Å²) in [5, 5.41) is 3.12. The number of nitrogens with zero attached hydrogens (tertiary/aromatic N) is 1. The first kappa shape index (κ1) is 27.9. The third kappa shape index (κ3) is 4.95. The SMILES string of the molecule is CC(N1C(=O)c2ccccc2C1=O)S(=O)(=O)NCCOc1ccc2c(c1)C(C1(c3ccc(Cl)cc3)CCC1)NCC2. The number of carbonyl (C=O) groups is 2. The molecule has 214 valence electrons. The summed E-state index contributed by atoms with van der Waals surface area (Å²) in [6.07, 6.45) is 4.28. The molecular weight excluding hydrogens is 562 g/mol. The van der Waals surface area contributed by atoms with Gasteiger partial charge in [0.1, 0.15) is 12.4 Å². The molecule has 0 radical (unpaired) electrons. The van der Waals surface area contributed by atoms with Gasteiger partial charge in [-0.2, -0.15) is 0 Å². The minimum atomic E-state index is -4.02. The van der Waals surface area contributed by atoms with E-state index in [0.29, 0.717) is 5.75 Å². The summed E-state index contributed by atoms with van der Waals surface area (Å²) in [6, 6.07) is 20.7. The van der Waals surface area contributed by atoms with Crippen LogP contribution in [0.5, 0.6) is 5.75 Å². The van der Waals surface area contributed by atoms with Gasteiger partial charge in [0.2, 0.25) is 10.0 Å². The van der Waals surface area contributed by atoms with E-state index in [-0.39, 0.29) is 35.7 Å². The average molecular weight is 594 g/mol. The second-order valence-corrected chi connectivity index (χ2v) is 13.4. The van der Waals surface area contributed by atoms with Gasteiger partial charge in [0.05, 0.1) is 11.1 Å². The molecule has 6 rings (SSSR count). The molecule has 0 saturated heterocycles. The Hall–Kier alpha value is -3.24. The Morgan fingerprint density at radius 3 is 2.37 bits per heavy atom. The summed E-state index contributed by atoms with van der Waals surface area (Å²) in [5.41, 5.74) is 4.20. The topological polar surface area (TPSA) is 105 Å². The Kier molecular flexibility index (Phi) is 7.40. The Balaban J connectivity index is 1.11. The second kappa shape index (κ2) is 10.9. The van der Waals surface area contributed by atoms with E-state index in [9.17, 15) is 18.0 Å². The summed E-state index contributed by atoms with van der Waals surface area (Å²) < 4.78 is 34.4. The molecule has 3 aliphatic rings. The lowest BCUT2D eigenvalue weighted by molar-refractivity contribution is 0.0639. The smallest absolute Gasteiger partial charge is 0.262 e. The van der Waals surface area contributed by atoms with Gasteiger partial charge in [-0.05, 0) is 85.8 Å². The number of rotatable bonds is 9. The highest BCUT2D eigenvalue weighted by molar-refractivity contribution is 7.90. The zero-order valence-electron chi connectivity index (χ0n) is 22.7. The molecule has 3 aromatic carbocycles. The van der Waals surface area contributed by atoms with E-state index < -0.39 is 27.2 Å². The number of benzene rings is 3. The third-order valence-corrected chi connectivity index (χ3v) is 10.7. The Morgan fingerprint density at radius 1 is 1.05 bits per heavy atom. The van der Waals surface area contributed by atoms with E-state index in [1.54, 1.807) is 12.1 Å². The van der Waals surface area contributed by atoms with Gasteiger partial charge in [-0.3, -0.25) is 14.5 Å². The van der Waals surface area contributed by atoms with Crippen molar-refractivity contribution in [3.05, 3.63) is 99.6 Å². The molecule has 1 saturated carbocycles. The van der Waals surface area contributed by atoms with Crippen molar-refractivity contribution in [2.24, 2.45) is 0 Å². The summed E-state index contributed by atoms with van der Waals surface area (Å²) >= 11 is 6.17. The number of hydrogen-bond donors (Lipinski definition) is 2. The van der Waals surface area contributed by atoms with Crippen LogP contribution in [0.25, 0.3) is 0 Å². The van der Waals surface area contributed by atoms with Crippen molar-refractivity contribution in [2.75, 3.05) is 19.7 Å². The molecular formula is C31H32ClN3O5S. The van der Waals surface area contributed by atoms with Crippen LogP contribution in [0.15, 0.2) is 66.7 Å². The Bertz CT molecular complexity index is 1570. The highest BCUT2D eigenvalue weighted by Crippen LogP contribution is 2.53.